The topological polar surface area (TPSA) is 12.0 Å². The highest BCUT2D eigenvalue weighted by atomic mass is 14.9. The summed E-state index contributed by atoms with van der Waals surface area (Å²) in [4.78, 5) is 0. The van der Waals surface area contributed by atoms with Crippen LogP contribution >= 0.6 is 0 Å². The molecular weight excluding hydrogens is 206 g/mol. The highest BCUT2D eigenvalue weighted by molar-refractivity contribution is 4.90. The van der Waals surface area contributed by atoms with Gasteiger partial charge in [0.2, 0.25) is 0 Å². The predicted octanol–water partition coefficient (Wildman–Crippen LogP) is 4.23. The first kappa shape index (κ1) is 13.4. The molecule has 1 N–H and O–H groups in total. The molecule has 2 rings (SSSR count). The van der Waals surface area contributed by atoms with E-state index in [1.807, 2.05) is 0 Å². The molecule has 0 aromatic carbocycles. The third-order valence-electron chi connectivity index (χ3n) is 4.88. The molecule has 2 bridgehead atoms. The molecule has 0 saturated heterocycles. The third kappa shape index (κ3) is 3.98. The Labute approximate surface area is 108 Å². The third-order valence-corrected chi connectivity index (χ3v) is 4.88. The molecule has 0 spiro atoms. The van der Waals surface area contributed by atoms with Crippen LogP contribution in [-0.2, 0) is 0 Å². The van der Waals surface area contributed by atoms with Crippen molar-refractivity contribution >= 4 is 0 Å². The second kappa shape index (κ2) is 5.30. The molecule has 0 aromatic rings. The molecule has 4 unspecified atom stereocenters. The van der Waals surface area contributed by atoms with Gasteiger partial charge in [-0.1, -0.05) is 13.3 Å². The Hall–Kier alpha value is -0.0400. The van der Waals surface area contributed by atoms with Gasteiger partial charge < -0.3 is 5.32 Å². The van der Waals surface area contributed by atoms with E-state index in [0.717, 1.165) is 23.7 Å². The molecule has 0 amide bonds. The Kier molecular flexibility index (Phi) is 4.18. The molecule has 0 aliphatic heterocycles. The lowest BCUT2D eigenvalue weighted by Gasteiger charge is -2.26. The first-order valence-electron chi connectivity index (χ1n) is 7.69. The Balaban J connectivity index is 1.63. The van der Waals surface area contributed by atoms with Crippen LogP contribution in [0.2, 0.25) is 0 Å². The van der Waals surface area contributed by atoms with E-state index >= 15 is 0 Å². The Morgan fingerprint density at radius 2 is 1.94 bits per heavy atom. The number of fused-ring (bicyclic) bond motifs is 2. The van der Waals surface area contributed by atoms with Crippen molar-refractivity contribution in [1.82, 2.24) is 5.32 Å². The Morgan fingerprint density at radius 1 is 1.18 bits per heavy atom. The van der Waals surface area contributed by atoms with Crippen LogP contribution in [0.4, 0.5) is 0 Å². The van der Waals surface area contributed by atoms with Gasteiger partial charge in [0, 0.05) is 5.54 Å². The minimum atomic E-state index is 0.284. The van der Waals surface area contributed by atoms with Crippen LogP contribution in [-0.4, -0.2) is 12.1 Å². The normalized spacial score (nSPS) is 34.2. The van der Waals surface area contributed by atoms with Gasteiger partial charge in [-0.2, -0.15) is 0 Å². The molecule has 1 heteroatoms. The van der Waals surface area contributed by atoms with Crippen molar-refractivity contribution in [3.05, 3.63) is 0 Å². The van der Waals surface area contributed by atoms with Crippen LogP contribution < -0.4 is 5.32 Å². The molecule has 17 heavy (non-hydrogen) atoms. The quantitative estimate of drug-likeness (QED) is 0.754. The molecule has 2 aliphatic carbocycles. The molecular formula is C16H31N. The standard InChI is InChI=1S/C16H31N/c1-12(7-8-17-16(2,3)4)9-15-11-13-5-6-14(15)10-13/h12-15,17H,5-11H2,1-4H3. The smallest absolute Gasteiger partial charge is 0.00965 e. The second-order valence-corrected chi connectivity index (χ2v) is 7.74. The number of hydrogen-bond donors (Lipinski definition) is 1. The lowest BCUT2D eigenvalue weighted by molar-refractivity contribution is 0.264. The van der Waals surface area contributed by atoms with Gasteiger partial charge in [-0.25, -0.2) is 0 Å². The largest absolute Gasteiger partial charge is 0.312 e. The van der Waals surface area contributed by atoms with E-state index in [-0.39, 0.29) is 5.54 Å². The van der Waals surface area contributed by atoms with E-state index < -0.39 is 0 Å². The van der Waals surface area contributed by atoms with Crippen LogP contribution in [0.15, 0.2) is 0 Å². The molecule has 0 radical (unpaired) electrons. The van der Waals surface area contributed by atoms with Crippen LogP contribution in [0.3, 0.4) is 0 Å². The van der Waals surface area contributed by atoms with E-state index in [1.54, 1.807) is 25.7 Å². The maximum absolute atomic E-state index is 3.61. The van der Waals surface area contributed by atoms with E-state index in [9.17, 15) is 0 Å². The average Bonchev–Trinajstić information content (AvgIpc) is 2.76. The summed E-state index contributed by atoms with van der Waals surface area (Å²) in [5.41, 5.74) is 0.284. The number of hydrogen-bond acceptors (Lipinski definition) is 1. The first-order chi connectivity index (χ1) is 7.94. The summed E-state index contributed by atoms with van der Waals surface area (Å²) in [6.07, 6.45) is 9.06. The zero-order valence-electron chi connectivity index (χ0n) is 12.3. The van der Waals surface area contributed by atoms with Crippen LogP contribution in [0.25, 0.3) is 0 Å². The summed E-state index contributed by atoms with van der Waals surface area (Å²) in [5, 5.41) is 3.61. The SMILES string of the molecule is CC(CCNC(C)(C)C)CC1CC2CCC1C2. The summed E-state index contributed by atoms with van der Waals surface area (Å²) >= 11 is 0. The minimum Gasteiger partial charge on any atom is -0.312 e. The summed E-state index contributed by atoms with van der Waals surface area (Å²) in [5.74, 6) is 4.22. The fraction of sp³-hybridized carbons (Fsp3) is 1.00. The van der Waals surface area contributed by atoms with E-state index in [0.29, 0.717) is 0 Å². The van der Waals surface area contributed by atoms with Crippen molar-refractivity contribution in [1.29, 1.82) is 0 Å². The summed E-state index contributed by atoms with van der Waals surface area (Å²) in [6, 6.07) is 0. The molecule has 1 nitrogen and oxygen atoms in total. The van der Waals surface area contributed by atoms with Crippen LogP contribution in [0.1, 0.15) is 66.2 Å². The second-order valence-electron chi connectivity index (χ2n) is 7.74. The highest BCUT2D eigenvalue weighted by Gasteiger charge is 2.39. The zero-order valence-corrected chi connectivity index (χ0v) is 12.3. The van der Waals surface area contributed by atoms with Gasteiger partial charge in [-0.3, -0.25) is 0 Å². The molecule has 0 heterocycles. The molecule has 2 saturated carbocycles. The minimum absolute atomic E-state index is 0.284. The zero-order chi connectivity index (χ0) is 12.5. The fourth-order valence-corrected chi connectivity index (χ4v) is 3.99. The summed E-state index contributed by atoms with van der Waals surface area (Å²) < 4.78 is 0. The lowest BCUT2D eigenvalue weighted by atomic mass is 9.82. The summed E-state index contributed by atoms with van der Waals surface area (Å²) in [6.45, 7) is 10.4. The van der Waals surface area contributed by atoms with E-state index in [1.165, 1.54) is 19.4 Å². The maximum Gasteiger partial charge on any atom is 0.00965 e. The van der Waals surface area contributed by atoms with Crippen LogP contribution in [0.5, 0.6) is 0 Å². The molecule has 100 valence electrons. The van der Waals surface area contributed by atoms with Gasteiger partial charge in [0.1, 0.15) is 0 Å². The highest BCUT2D eigenvalue weighted by Crippen LogP contribution is 2.50. The molecule has 4 atom stereocenters. The molecule has 0 aromatic heterocycles. The fourth-order valence-electron chi connectivity index (χ4n) is 3.99. The average molecular weight is 237 g/mol. The Bertz CT molecular complexity index is 240. The van der Waals surface area contributed by atoms with Crippen molar-refractivity contribution in [2.45, 2.75) is 71.8 Å². The monoisotopic (exact) mass is 237 g/mol. The van der Waals surface area contributed by atoms with Gasteiger partial charge >= 0.3 is 0 Å². The van der Waals surface area contributed by atoms with Crippen molar-refractivity contribution in [2.24, 2.45) is 23.7 Å². The van der Waals surface area contributed by atoms with E-state index in [4.69, 9.17) is 0 Å². The summed E-state index contributed by atoms with van der Waals surface area (Å²) in [7, 11) is 0. The van der Waals surface area contributed by atoms with Crippen molar-refractivity contribution in [3.8, 4) is 0 Å². The van der Waals surface area contributed by atoms with Crippen molar-refractivity contribution in [3.63, 3.8) is 0 Å². The van der Waals surface area contributed by atoms with E-state index in [2.05, 4.69) is 33.0 Å². The predicted molar refractivity (Wildman–Crippen MR) is 75.1 cm³/mol. The molecule has 2 fully saturated rings. The van der Waals surface area contributed by atoms with Gasteiger partial charge in [0.05, 0.1) is 0 Å². The van der Waals surface area contributed by atoms with Gasteiger partial charge in [-0.15, -0.1) is 0 Å². The number of rotatable bonds is 5. The molecule has 2 aliphatic rings. The number of nitrogens with one attached hydrogen (secondary N) is 1. The Morgan fingerprint density at radius 3 is 2.47 bits per heavy atom. The van der Waals surface area contributed by atoms with Gasteiger partial charge in [-0.05, 0) is 83.1 Å². The van der Waals surface area contributed by atoms with Crippen molar-refractivity contribution < 1.29 is 0 Å². The first-order valence-corrected chi connectivity index (χ1v) is 7.69. The van der Waals surface area contributed by atoms with Crippen molar-refractivity contribution in [2.75, 3.05) is 6.54 Å². The van der Waals surface area contributed by atoms with Gasteiger partial charge in [0.25, 0.3) is 0 Å². The van der Waals surface area contributed by atoms with Gasteiger partial charge in [0.15, 0.2) is 0 Å². The maximum atomic E-state index is 3.61. The van der Waals surface area contributed by atoms with Crippen LogP contribution in [0, 0.1) is 23.7 Å². The lowest BCUT2D eigenvalue weighted by Crippen LogP contribution is -2.37.